The normalized spacial score (nSPS) is 11.8. The zero-order valence-corrected chi connectivity index (χ0v) is 10.4. The summed E-state index contributed by atoms with van der Waals surface area (Å²) in [6.07, 6.45) is 3.44. The van der Waals surface area contributed by atoms with Crippen LogP contribution in [0.1, 0.15) is 11.3 Å². The third-order valence-corrected chi connectivity index (χ3v) is 3.89. The molecule has 18 heavy (non-hydrogen) atoms. The highest BCUT2D eigenvalue weighted by atomic mass is 32.2. The maximum Gasteiger partial charge on any atom is 0.257 e. The van der Waals surface area contributed by atoms with E-state index >= 15 is 0 Å². The van der Waals surface area contributed by atoms with Gasteiger partial charge in [-0.05, 0) is 12.1 Å². The van der Waals surface area contributed by atoms with Crippen LogP contribution in [0.2, 0.25) is 0 Å². The largest absolute Gasteiger partial charge is 0.469 e. The number of hydrogen-bond acceptors (Lipinski definition) is 5. The summed E-state index contributed by atoms with van der Waals surface area (Å²) in [5.41, 5.74) is 5.89. The Bertz CT molecular complexity index is 588. The molecule has 4 N–H and O–H groups in total. The van der Waals surface area contributed by atoms with Crippen molar-refractivity contribution in [3.05, 3.63) is 35.9 Å². The van der Waals surface area contributed by atoms with E-state index in [0.717, 1.165) is 5.76 Å². The van der Waals surface area contributed by atoms with Gasteiger partial charge in [-0.2, -0.15) is 5.10 Å². The van der Waals surface area contributed by atoms with Crippen molar-refractivity contribution in [2.24, 2.45) is 5.73 Å². The quantitative estimate of drug-likeness (QED) is 0.682. The number of furan rings is 1. The van der Waals surface area contributed by atoms with Crippen molar-refractivity contribution in [1.82, 2.24) is 14.9 Å². The van der Waals surface area contributed by atoms with Gasteiger partial charge in [0.25, 0.3) is 10.0 Å². The summed E-state index contributed by atoms with van der Waals surface area (Å²) in [6, 6.07) is 3.54. The first-order chi connectivity index (χ1) is 8.63. The standard InChI is InChI=1S/C10H14N4O3S/c11-6-8-7-12-14-10(8)18(15,16)13-4-3-9-2-1-5-17-9/h1-2,5,7,13H,3-4,6,11H2,(H,12,14). The number of aromatic nitrogens is 2. The molecule has 0 spiro atoms. The molecule has 0 unspecified atom stereocenters. The molecule has 0 atom stereocenters. The highest BCUT2D eigenvalue weighted by Gasteiger charge is 2.19. The van der Waals surface area contributed by atoms with E-state index in [9.17, 15) is 8.42 Å². The molecule has 0 aromatic carbocycles. The first-order valence-corrected chi connectivity index (χ1v) is 6.86. The highest BCUT2D eigenvalue weighted by molar-refractivity contribution is 7.89. The Morgan fingerprint density at radius 2 is 2.33 bits per heavy atom. The second-order valence-corrected chi connectivity index (χ2v) is 5.36. The van der Waals surface area contributed by atoms with Crippen LogP contribution >= 0.6 is 0 Å². The monoisotopic (exact) mass is 270 g/mol. The predicted molar refractivity (Wildman–Crippen MR) is 64.1 cm³/mol. The van der Waals surface area contributed by atoms with Gasteiger partial charge in [0.1, 0.15) is 5.76 Å². The molecule has 2 aromatic rings. The minimum atomic E-state index is -3.60. The zero-order chi connectivity index (χ0) is 13.0. The van der Waals surface area contributed by atoms with Crippen molar-refractivity contribution in [1.29, 1.82) is 0 Å². The number of nitrogens with zero attached hydrogens (tertiary/aromatic N) is 1. The molecule has 2 rings (SSSR count). The maximum atomic E-state index is 11.9. The van der Waals surface area contributed by atoms with E-state index in [0.29, 0.717) is 12.0 Å². The van der Waals surface area contributed by atoms with E-state index in [1.54, 1.807) is 18.4 Å². The smallest absolute Gasteiger partial charge is 0.257 e. The number of H-pyrrole nitrogens is 1. The van der Waals surface area contributed by atoms with E-state index in [-0.39, 0.29) is 18.1 Å². The molecule has 0 bridgehead atoms. The van der Waals surface area contributed by atoms with Gasteiger partial charge in [0.15, 0.2) is 5.03 Å². The van der Waals surface area contributed by atoms with Crippen molar-refractivity contribution in [2.75, 3.05) is 6.54 Å². The molecule has 0 amide bonds. The Balaban J connectivity index is 1.99. The minimum absolute atomic E-state index is 0.0180. The van der Waals surface area contributed by atoms with Gasteiger partial charge >= 0.3 is 0 Å². The van der Waals surface area contributed by atoms with Crippen molar-refractivity contribution < 1.29 is 12.8 Å². The lowest BCUT2D eigenvalue weighted by Gasteiger charge is -2.05. The predicted octanol–water partition coefficient (Wildman–Crippen LogP) is -0.0176. The topological polar surface area (TPSA) is 114 Å². The molecule has 0 saturated heterocycles. The molecule has 0 aliphatic heterocycles. The van der Waals surface area contributed by atoms with Crippen LogP contribution in [0.4, 0.5) is 0 Å². The molecule has 0 aliphatic carbocycles. The van der Waals surface area contributed by atoms with Crippen LogP contribution in [0.25, 0.3) is 0 Å². The van der Waals surface area contributed by atoms with Crippen LogP contribution in [-0.4, -0.2) is 25.2 Å². The van der Waals surface area contributed by atoms with Crippen LogP contribution in [0.5, 0.6) is 0 Å². The average Bonchev–Trinajstić information content (AvgIpc) is 2.99. The third-order valence-electron chi connectivity index (χ3n) is 2.41. The molecule has 0 saturated carbocycles. The summed E-state index contributed by atoms with van der Waals surface area (Å²) < 4.78 is 31.4. The maximum absolute atomic E-state index is 11.9. The van der Waals surface area contributed by atoms with E-state index in [1.807, 2.05) is 0 Å². The lowest BCUT2D eigenvalue weighted by Crippen LogP contribution is -2.27. The molecular weight excluding hydrogens is 256 g/mol. The van der Waals surface area contributed by atoms with Gasteiger partial charge in [0.05, 0.1) is 12.5 Å². The first kappa shape index (κ1) is 12.8. The zero-order valence-electron chi connectivity index (χ0n) is 9.59. The van der Waals surface area contributed by atoms with Crippen molar-refractivity contribution in [3.63, 3.8) is 0 Å². The number of hydrogen-bond donors (Lipinski definition) is 3. The fourth-order valence-electron chi connectivity index (χ4n) is 1.51. The second kappa shape index (κ2) is 5.34. The van der Waals surface area contributed by atoms with E-state index in [1.165, 1.54) is 6.20 Å². The van der Waals surface area contributed by atoms with Crippen LogP contribution in [0, 0.1) is 0 Å². The summed E-state index contributed by atoms with van der Waals surface area (Å²) in [7, 11) is -3.60. The Kier molecular flexibility index (Phi) is 3.80. The third kappa shape index (κ3) is 2.78. The number of rotatable bonds is 6. The van der Waals surface area contributed by atoms with Gasteiger partial charge < -0.3 is 10.2 Å². The van der Waals surface area contributed by atoms with E-state index in [4.69, 9.17) is 10.2 Å². The summed E-state index contributed by atoms with van der Waals surface area (Å²) >= 11 is 0. The minimum Gasteiger partial charge on any atom is -0.469 e. The second-order valence-electron chi connectivity index (χ2n) is 3.66. The fourth-order valence-corrected chi connectivity index (χ4v) is 2.68. The van der Waals surface area contributed by atoms with Crippen LogP contribution in [-0.2, 0) is 23.0 Å². The van der Waals surface area contributed by atoms with Gasteiger partial charge in [0.2, 0.25) is 0 Å². The lowest BCUT2D eigenvalue weighted by atomic mass is 10.3. The van der Waals surface area contributed by atoms with Crippen LogP contribution in [0.3, 0.4) is 0 Å². The summed E-state index contributed by atoms with van der Waals surface area (Å²) in [5, 5.41) is 6.13. The molecule has 7 nitrogen and oxygen atoms in total. The molecule has 2 heterocycles. The van der Waals surface area contributed by atoms with Gasteiger partial charge in [-0.15, -0.1) is 0 Å². The number of aromatic amines is 1. The number of nitrogens with two attached hydrogens (primary N) is 1. The Morgan fingerprint density at radius 1 is 1.50 bits per heavy atom. The van der Waals surface area contributed by atoms with Crippen LogP contribution in [0.15, 0.2) is 34.0 Å². The first-order valence-electron chi connectivity index (χ1n) is 5.38. The number of sulfonamides is 1. The van der Waals surface area contributed by atoms with Crippen molar-refractivity contribution >= 4 is 10.0 Å². The van der Waals surface area contributed by atoms with Gasteiger partial charge in [-0.3, -0.25) is 5.10 Å². The van der Waals surface area contributed by atoms with Crippen LogP contribution < -0.4 is 10.5 Å². The van der Waals surface area contributed by atoms with Gasteiger partial charge in [-0.25, -0.2) is 13.1 Å². The SMILES string of the molecule is NCc1cn[nH]c1S(=O)(=O)NCCc1ccco1. The fraction of sp³-hybridized carbons (Fsp3) is 0.300. The molecule has 0 aliphatic rings. The Labute approximate surface area is 104 Å². The van der Waals surface area contributed by atoms with E-state index < -0.39 is 10.0 Å². The summed E-state index contributed by atoms with van der Waals surface area (Å²) in [5.74, 6) is 0.723. The molecule has 8 heteroatoms. The van der Waals surface area contributed by atoms with Crippen molar-refractivity contribution in [3.8, 4) is 0 Å². The molecule has 98 valence electrons. The van der Waals surface area contributed by atoms with Crippen molar-refractivity contribution in [2.45, 2.75) is 18.0 Å². The summed E-state index contributed by atoms with van der Waals surface area (Å²) in [4.78, 5) is 0. The van der Waals surface area contributed by atoms with Gasteiger partial charge in [0, 0.05) is 25.1 Å². The molecule has 2 aromatic heterocycles. The highest BCUT2D eigenvalue weighted by Crippen LogP contribution is 2.10. The van der Waals surface area contributed by atoms with Gasteiger partial charge in [-0.1, -0.05) is 0 Å². The average molecular weight is 270 g/mol. The molecule has 0 fully saturated rings. The lowest BCUT2D eigenvalue weighted by molar-refractivity contribution is 0.505. The molecule has 0 radical (unpaired) electrons. The van der Waals surface area contributed by atoms with E-state index in [2.05, 4.69) is 14.9 Å². The number of nitrogens with one attached hydrogen (secondary N) is 2. The Hall–Kier alpha value is -1.64. The molecular formula is C10H14N4O3S. The Morgan fingerprint density at radius 3 is 3.00 bits per heavy atom. The summed E-state index contributed by atoms with van der Waals surface area (Å²) in [6.45, 7) is 0.365.